The number of carbonyl (C=O) groups is 2. The van der Waals surface area contributed by atoms with Crippen LogP contribution in [0.5, 0.6) is 0 Å². The molecule has 0 unspecified atom stereocenters. The predicted molar refractivity (Wildman–Crippen MR) is 128 cm³/mol. The van der Waals surface area contributed by atoms with Crippen LogP contribution in [0.1, 0.15) is 41.4 Å². The first kappa shape index (κ1) is 27.0. The Morgan fingerprint density at radius 3 is 2.28 bits per heavy atom. The number of aromatic carboxylic acids is 1. The van der Waals surface area contributed by atoms with Crippen LogP contribution < -0.4 is 5.56 Å². The number of fused-ring (bicyclic) bond motifs is 1. The minimum absolute atomic E-state index is 0.212. The molecule has 1 saturated heterocycles. The topological polar surface area (TPSA) is 116 Å². The fourth-order valence-corrected chi connectivity index (χ4v) is 4.35. The molecule has 1 aromatic carbocycles. The molecule has 0 spiro atoms. The number of nitrogens with one attached hydrogen (secondary N) is 1. The fourth-order valence-electron chi connectivity index (χ4n) is 4.35. The van der Waals surface area contributed by atoms with Crippen molar-refractivity contribution in [2.75, 3.05) is 19.6 Å². The van der Waals surface area contributed by atoms with Crippen molar-refractivity contribution in [3.63, 3.8) is 0 Å². The van der Waals surface area contributed by atoms with Crippen LogP contribution in [0.4, 0.5) is 13.2 Å². The SMILES string of the molecule is CCc1cc(C(=O)O)c(=O)[nH]c1-c1ccc2c(c1)cc(CCN1CCCC1)n2C.O=C(O)C(F)(F)F. The van der Waals surface area contributed by atoms with Crippen molar-refractivity contribution < 1.29 is 33.0 Å². The summed E-state index contributed by atoms with van der Waals surface area (Å²) in [4.78, 5) is 37.7. The number of hydrogen-bond donors (Lipinski definition) is 3. The maximum Gasteiger partial charge on any atom is 0.490 e. The van der Waals surface area contributed by atoms with Gasteiger partial charge in [-0.2, -0.15) is 13.2 Å². The molecule has 0 radical (unpaired) electrons. The van der Waals surface area contributed by atoms with Crippen LogP contribution in [0.3, 0.4) is 0 Å². The molecule has 0 saturated carbocycles. The number of carboxylic acids is 2. The number of halogens is 3. The third-order valence-corrected chi connectivity index (χ3v) is 6.29. The third kappa shape index (κ3) is 6.14. The largest absolute Gasteiger partial charge is 0.490 e. The van der Waals surface area contributed by atoms with Gasteiger partial charge in [0.1, 0.15) is 5.56 Å². The number of aliphatic carboxylic acids is 1. The highest BCUT2D eigenvalue weighted by Gasteiger charge is 2.38. The first-order chi connectivity index (χ1) is 16.9. The van der Waals surface area contributed by atoms with Gasteiger partial charge >= 0.3 is 18.1 Å². The van der Waals surface area contributed by atoms with Gasteiger partial charge in [0, 0.05) is 36.6 Å². The van der Waals surface area contributed by atoms with E-state index in [9.17, 15) is 27.9 Å². The van der Waals surface area contributed by atoms with Crippen molar-refractivity contribution >= 4 is 22.8 Å². The molecule has 0 atom stereocenters. The lowest BCUT2D eigenvalue weighted by molar-refractivity contribution is -0.192. The highest BCUT2D eigenvalue weighted by Crippen LogP contribution is 2.28. The normalized spacial score (nSPS) is 14.0. The van der Waals surface area contributed by atoms with Crippen LogP contribution in [0.25, 0.3) is 22.2 Å². The van der Waals surface area contributed by atoms with Crippen LogP contribution in [0, 0.1) is 0 Å². The predicted octanol–water partition coefficient (Wildman–Crippen LogP) is 4.07. The standard InChI is InChI=1S/C23H27N3O3.C2HF3O2/c1-3-15-14-19(23(28)29)22(27)24-21(15)16-6-7-20-17(12-16)13-18(25(20)2)8-11-26-9-4-5-10-26;3-2(4,5)1(6)7/h6-7,12-14H,3-5,8-11H2,1-2H3,(H,24,27)(H,28,29);(H,6,7). The summed E-state index contributed by atoms with van der Waals surface area (Å²) >= 11 is 0. The summed E-state index contributed by atoms with van der Waals surface area (Å²) in [5.74, 6) is -3.96. The summed E-state index contributed by atoms with van der Waals surface area (Å²) in [7, 11) is 2.10. The van der Waals surface area contributed by atoms with Crippen LogP contribution >= 0.6 is 0 Å². The zero-order chi connectivity index (χ0) is 26.6. The second kappa shape index (κ2) is 11.0. The molecule has 0 aliphatic carbocycles. The van der Waals surface area contributed by atoms with Gasteiger partial charge in [0.2, 0.25) is 0 Å². The van der Waals surface area contributed by atoms with Gasteiger partial charge in [-0.3, -0.25) is 4.79 Å². The van der Waals surface area contributed by atoms with Crippen LogP contribution in [-0.2, 0) is 24.7 Å². The van der Waals surface area contributed by atoms with E-state index in [2.05, 4.69) is 39.7 Å². The van der Waals surface area contributed by atoms with Crippen molar-refractivity contribution in [2.45, 2.75) is 38.8 Å². The van der Waals surface area contributed by atoms with Gasteiger partial charge in [-0.05, 0) is 67.7 Å². The minimum Gasteiger partial charge on any atom is -0.477 e. The molecule has 3 N–H and O–H groups in total. The summed E-state index contributed by atoms with van der Waals surface area (Å²) in [5.41, 5.74) is 4.11. The number of carboxylic acid groups (broad SMARTS) is 2. The molecule has 36 heavy (non-hydrogen) atoms. The van der Waals surface area contributed by atoms with E-state index in [-0.39, 0.29) is 5.56 Å². The number of rotatable bonds is 6. The lowest BCUT2D eigenvalue weighted by Crippen LogP contribution is -2.22. The third-order valence-electron chi connectivity index (χ3n) is 6.29. The number of alkyl halides is 3. The zero-order valence-corrected chi connectivity index (χ0v) is 20.0. The second-order valence-electron chi connectivity index (χ2n) is 8.64. The van der Waals surface area contributed by atoms with Crippen molar-refractivity contribution in [2.24, 2.45) is 7.05 Å². The maximum atomic E-state index is 12.2. The number of pyridine rings is 1. The van der Waals surface area contributed by atoms with Crippen LogP contribution in [-0.4, -0.2) is 62.4 Å². The van der Waals surface area contributed by atoms with Crippen molar-refractivity contribution in [3.8, 4) is 11.3 Å². The van der Waals surface area contributed by atoms with Crippen molar-refractivity contribution in [1.29, 1.82) is 0 Å². The van der Waals surface area contributed by atoms with Gasteiger partial charge in [-0.15, -0.1) is 0 Å². The number of H-pyrrole nitrogens is 1. The number of aromatic amines is 1. The van der Waals surface area contributed by atoms with E-state index in [1.807, 2.05) is 13.0 Å². The fraction of sp³-hybridized carbons (Fsp3) is 0.400. The molecule has 2 aromatic heterocycles. The summed E-state index contributed by atoms with van der Waals surface area (Å²) in [6.07, 6.45) is -0.820. The molecule has 3 aromatic rings. The molecule has 1 fully saturated rings. The molecule has 194 valence electrons. The molecule has 0 bridgehead atoms. The summed E-state index contributed by atoms with van der Waals surface area (Å²) in [6, 6.07) is 9.88. The molecule has 8 nitrogen and oxygen atoms in total. The molecule has 11 heteroatoms. The number of nitrogens with zero attached hydrogens (tertiary/aromatic N) is 2. The Kier molecular flexibility index (Phi) is 8.24. The molecule has 4 rings (SSSR count). The highest BCUT2D eigenvalue weighted by atomic mass is 19.4. The smallest absolute Gasteiger partial charge is 0.477 e. The summed E-state index contributed by atoms with van der Waals surface area (Å²) in [5, 5.41) is 17.5. The van der Waals surface area contributed by atoms with E-state index in [0.717, 1.165) is 35.0 Å². The Morgan fingerprint density at radius 1 is 1.08 bits per heavy atom. The average Bonchev–Trinajstić information content (AvgIpc) is 3.44. The van der Waals surface area contributed by atoms with Gasteiger partial charge in [-0.25, -0.2) is 9.59 Å². The number of benzene rings is 1. The number of likely N-dealkylation sites (tertiary alicyclic amines) is 1. The Balaban J connectivity index is 0.000000454. The van der Waals surface area contributed by atoms with E-state index < -0.39 is 23.7 Å². The van der Waals surface area contributed by atoms with Crippen molar-refractivity contribution in [1.82, 2.24) is 14.5 Å². The molecule has 1 aliphatic heterocycles. The molecule has 0 amide bonds. The molecule has 3 heterocycles. The monoisotopic (exact) mass is 507 g/mol. The maximum absolute atomic E-state index is 12.2. The van der Waals surface area contributed by atoms with E-state index >= 15 is 0 Å². The van der Waals surface area contributed by atoms with Gasteiger partial charge in [0.05, 0.1) is 5.69 Å². The van der Waals surface area contributed by atoms with Crippen LogP contribution in [0.15, 0.2) is 35.1 Å². The van der Waals surface area contributed by atoms with Gasteiger partial charge in [0.15, 0.2) is 0 Å². The highest BCUT2D eigenvalue weighted by molar-refractivity contribution is 5.89. The quantitative estimate of drug-likeness (QED) is 0.463. The number of hydrogen-bond acceptors (Lipinski definition) is 4. The van der Waals surface area contributed by atoms with Gasteiger partial charge < -0.3 is 24.7 Å². The lowest BCUT2D eigenvalue weighted by Gasteiger charge is -2.14. The van der Waals surface area contributed by atoms with E-state index in [1.165, 1.54) is 37.7 Å². The molecule has 1 aliphatic rings. The van der Waals surface area contributed by atoms with E-state index in [1.54, 1.807) is 0 Å². The van der Waals surface area contributed by atoms with Crippen molar-refractivity contribution in [3.05, 3.63) is 57.5 Å². The Labute approximate surface area is 205 Å². The molecular formula is C25H28F3N3O5. The van der Waals surface area contributed by atoms with Gasteiger partial charge in [0.25, 0.3) is 5.56 Å². The summed E-state index contributed by atoms with van der Waals surface area (Å²) < 4.78 is 34.0. The molecular weight excluding hydrogens is 479 g/mol. The number of aryl methyl sites for hydroxylation is 2. The van der Waals surface area contributed by atoms with E-state index in [0.29, 0.717) is 12.1 Å². The Hall–Kier alpha value is -3.60. The Bertz CT molecular complexity index is 1320. The van der Waals surface area contributed by atoms with E-state index in [4.69, 9.17) is 9.90 Å². The zero-order valence-electron chi connectivity index (χ0n) is 20.0. The lowest BCUT2D eigenvalue weighted by atomic mass is 10.0. The van der Waals surface area contributed by atoms with Crippen LogP contribution in [0.2, 0.25) is 0 Å². The first-order valence-electron chi connectivity index (χ1n) is 11.5. The Morgan fingerprint density at radius 2 is 1.72 bits per heavy atom. The second-order valence-corrected chi connectivity index (χ2v) is 8.64. The summed E-state index contributed by atoms with van der Waals surface area (Å²) in [6.45, 7) is 5.45. The first-order valence-corrected chi connectivity index (χ1v) is 11.5. The number of aromatic nitrogens is 2. The average molecular weight is 508 g/mol. The minimum atomic E-state index is -5.08. The van der Waals surface area contributed by atoms with Gasteiger partial charge in [-0.1, -0.05) is 13.0 Å².